The zero-order valence-corrected chi connectivity index (χ0v) is 10.9. The molecule has 7 nitrogen and oxygen atoms in total. The molecule has 104 valence electrons. The summed E-state index contributed by atoms with van der Waals surface area (Å²) in [5.41, 5.74) is -0.819. The van der Waals surface area contributed by atoms with Gasteiger partial charge in [0.15, 0.2) is 5.69 Å². The zero-order chi connectivity index (χ0) is 14.0. The summed E-state index contributed by atoms with van der Waals surface area (Å²) >= 11 is 0. The summed E-state index contributed by atoms with van der Waals surface area (Å²) in [6.07, 6.45) is 2.73. The second kappa shape index (κ2) is 5.04. The molecule has 1 saturated carbocycles. The molecule has 1 aromatic rings. The summed E-state index contributed by atoms with van der Waals surface area (Å²) in [5.74, 6) is -0.448. The van der Waals surface area contributed by atoms with Crippen LogP contribution in [0.4, 0.5) is 11.4 Å². The molecule has 0 heterocycles. The van der Waals surface area contributed by atoms with Crippen LogP contribution in [-0.4, -0.2) is 23.7 Å². The van der Waals surface area contributed by atoms with Crippen LogP contribution in [0.5, 0.6) is 5.75 Å². The smallest absolute Gasteiger partial charge is 0.297 e. The van der Waals surface area contributed by atoms with Crippen LogP contribution in [0.2, 0.25) is 0 Å². The van der Waals surface area contributed by atoms with Crippen molar-refractivity contribution in [1.29, 1.82) is 0 Å². The van der Waals surface area contributed by atoms with Crippen LogP contribution in [0.15, 0.2) is 18.2 Å². The van der Waals surface area contributed by atoms with Crippen molar-refractivity contribution in [2.75, 3.05) is 4.72 Å². The average molecular weight is 286 g/mol. The number of para-hydroxylation sites is 1. The Bertz CT molecular complexity index is 593. The molecule has 1 aliphatic carbocycles. The van der Waals surface area contributed by atoms with E-state index in [0.717, 1.165) is 18.9 Å². The van der Waals surface area contributed by atoms with Gasteiger partial charge in [-0.3, -0.25) is 14.8 Å². The highest BCUT2D eigenvalue weighted by Gasteiger charge is 2.31. The predicted octanol–water partition coefficient (Wildman–Crippen LogP) is 1.98. The zero-order valence-electron chi connectivity index (χ0n) is 10.1. The van der Waals surface area contributed by atoms with Crippen LogP contribution in [0.1, 0.15) is 25.7 Å². The number of nitro groups is 1. The summed E-state index contributed by atoms with van der Waals surface area (Å²) in [5, 5.41) is 19.9. The maximum atomic E-state index is 12.1. The monoisotopic (exact) mass is 286 g/mol. The Morgan fingerprint density at radius 2 is 1.95 bits per heavy atom. The van der Waals surface area contributed by atoms with Crippen molar-refractivity contribution in [3.63, 3.8) is 0 Å². The molecular formula is C11H14N2O5S. The highest BCUT2D eigenvalue weighted by atomic mass is 32.2. The second-order valence-corrected chi connectivity index (χ2v) is 6.44. The third-order valence-electron chi connectivity index (χ3n) is 3.20. The van der Waals surface area contributed by atoms with Crippen molar-refractivity contribution >= 4 is 21.4 Å². The van der Waals surface area contributed by atoms with Crippen LogP contribution in [0.25, 0.3) is 0 Å². The van der Waals surface area contributed by atoms with E-state index in [9.17, 15) is 23.6 Å². The number of hydrogen-bond donors (Lipinski definition) is 2. The van der Waals surface area contributed by atoms with E-state index in [1.807, 2.05) is 0 Å². The highest BCUT2D eigenvalue weighted by molar-refractivity contribution is 7.93. The number of phenolic OH excluding ortho intramolecular Hbond substituents is 1. The van der Waals surface area contributed by atoms with Gasteiger partial charge in [0.05, 0.1) is 10.2 Å². The lowest BCUT2D eigenvalue weighted by Gasteiger charge is -2.14. The first-order chi connectivity index (χ1) is 8.92. The number of hydrogen-bond acceptors (Lipinski definition) is 5. The number of phenols is 1. The van der Waals surface area contributed by atoms with Crippen LogP contribution in [-0.2, 0) is 10.0 Å². The van der Waals surface area contributed by atoms with Gasteiger partial charge in [0, 0.05) is 6.07 Å². The fourth-order valence-electron chi connectivity index (χ4n) is 2.21. The van der Waals surface area contributed by atoms with Gasteiger partial charge in [0.1, 0.15) is 5.75 Å². The van der Waals surface area contributed by atoms with E-state index < -0.39 is 31.6 Å². The first-order valence-electron chi connectivity index (χ1n) is 5.90. The number of sulfonamides is 1. The second-order valence-electron chi connectivity index (χ2n) is 4.48. The van der Waals surface area contributed by atoms with Crippen LogP contribution < -0.4 is 4.72 Å². The van der Waals surface area contributed by atoms with Crippen molar-refractivity contribution < 1.29 is 18.4 Å². The number of nitrogens with one attached hydrogen (secondary N) is 1. The molecule has 0 spiro atoms. The molecule has 0 aromatic heterocycles. The molecule has 0 atom stereocenters. The largest absolute Gasteiger partial charge is 0.505 e. The molecule has 0 bridgehead atoms. The molecule has 2 rings (SSSR count). The third-order valence-corrected chi connectivity index (χ3v) is 5.04. The Balaban J connectivity index is 2.35. The lowest BCUT2D eigenvalue weighted by Crippen LogP contribution is -2.25. The Morgan fingerprint density at radius 3 is 2.53 bits per heavy atom. The lowest BCUT2D eigenvalue weighted by atomic mass is 10.2. The van der Waals surface area contributed by atoms with E-state index >= 15 is 0 Å². The fraction of sp³-hybridized carbons (Fsp3) is 0.455. The summed E-state index contributed by atoms with van der Waals surface area (Å²) in [6.45, 7) is 0. The van der Waals surface area contributed by atoms with Gasteiger partial charge in [-0.25, -0.2) is 8.42 Å². The maximum Gasteiger partial charge on any atom is 0.297 e. The standard InChI is InChI=1S/C11H14N2O5S/c14-10-7-3-6-9(13(15)16)11(10)12-19(17,18)8-4-1-2-5-8/h3,6-8,12,14H,1-2,4-5H2. The average Bonchev–Trinajstić information content (AvgIpc) is 2.85. The van der Waals surface area contributed by atoms with Crippen molar-refractivity contribution in [3.05, 3.63) is 28.3 Å². The molecule has 0 aliphatic heterocycles. The Kier molecular flexibility index (Phi) is 3.61. The van der Waals surface area contributed by atoms with Gasteiger partial charge in [0.2, 0.25) is 10.0 Å². The van der Waals surface area contributed by atoms with E-state index in [1.165, 1.54) is 12.1 Å². The van der Waals surface area contributed by atoms with E-state index in [0.29, 0.717) is 12.8 Å². The molecule has 0 unspecified atom stereocenters. The van der Waals surface area contributed by atoms with Gasteiger partial charge >= 0.3 is 0 Å². The first-order valence-corrected chi connectivity index (χ1v) is 7.44. The quantitative estimate of drug-likeness (QED) is 0.499. The summed E-state index contributed by atoms with van der Waals surface area (Å²) in [7, 11) is -3.71. The molecular weight excluding hydrogens is 272 g/mol. The SMILES string of the molecule is O=[N+]([O-])c1cccc(O)c1NS(=O)(=O)C1CCCC1. The Morgan fingerprint density at radius 1 is 1.32 bits per heavy atom. The lowest BCUT2D eigenvalue weighted by molar-refractivity contribution is -0.383. The molecule has 1 fully saturated rings. The first kappa shape index (κ1) is 13.6. The van der Waals surface area contributed by atoms with E-state index in [2.05, 4.69) is 4.72 Å². The van der Waals surface area contributed by atoms with Crippen molar-refractivity contribution in [3.8, 4) is 5.75 Å². The molecule has 2 N–H and O–H groups in total. The molecule has 0 radical (unpaired) electrons. The van der Waals surface area contributed by atoms with E-state index in [1.54, 1.807) is 0 Å². The van der Waals surface area contributed by atoms with Crippen LogP contribution in [0.3, 0.4) is 0 Å². The highest BCUT2D eigenvalue weighted by Crippen LogP contribution is 2.35. The van der Waals surface area contributed by atoms with Gasteiger partial charge < -0.3 is 5.11 Å². The number of benzene rings is 1. The molecule has 0 saturated heterocycles. The fourth-order valence-corrected chi connectivity index (χ4v) is 3.82. The number of anilines is 1. The van der Waals surface area contributed by atoms with Gasteiger partial charge in [-0.05, 0) is 18.9 Å². The number of nitro benzene ring substituents is 1. The van der Waals surface area contributed by atoms with E-state index in [4.69, 9.17) is 0 Å². The van der Waals surface area contributed by atoms with Crippen LogP contribution >= 0.6 is 0 Å². The summed E-state index contributed by atoms with van der Waals surface area (Å²) < 4.78 is 26.3. The summed E-state index contributed by atoms with van der Waals surface area (Å²) in [4.78, 5) is 10.1. The maximum absolute atomic E-state index is 12.1. The van der Waals surface area contributed by atoms with Gasteiger partial charge in [0.25, 0.3) is 5.69 Å². The summed E-state index contributed by atoms with van der Waals surface area (Å²) in [6, 6.07) is 3.65. The molecule has 19 heavy (non-hydrogen) atoms. The number of rotatable bonds is 4. The van der Waals surface area contributed by atoms with Crippen molar-refractivity contribution in [2.45, 2.75) is 30.9 Å². The van der Waals surface area contributed by atoms with Crippen LogP contribution in [0, 0.1) is 10.1 Å². The molecule has 8 heteroatoms. The Hall–Kier alpha value is -1.83. The molecule has 1 aliphatic rings. The van der Waals surface area contributed by atoms with Crippen molar-refractivity contribution in [2.24, 2.45) is 0 Å². The minimum Gasteiger partial charge on any atom is -0.505 e. The topological polar surface area (TPSA) is 110 Å². The van der Waals surface area contributed by atoms with Crippen molar-refractivity contribution in [1.82, 2.24) is 0 Å². The van der Waals surface area contributed by atoms with Gasteiger partial charge in [-0.15, -0.1) is 0 Å². The van der Waals surface area contributed by atoms with E-state index in [-0.39, 0.29) is 5.69 Å². The predicted molar refractivity (Wildman–Crippen MR) is 69.6 cm³/mol. The third kappa shape index (κ3) is 2.78. The normalized spacial score (nSPS) is 16.4. The minimum absolute atomic E-state index is 0.362. The minimum atomic E-state index is -3.71. The molecule has 1 aromatic carbocycles. The van der Waals surface area contributed by atoms with Gasteiger partial charge in [-0.1, -0.05) is 18.9 Å². The Labute approximate surface area is 110 Å². The number of nitrogens with zero attached hydrogens (tertiary/aromatic N) is 1. The molecule has 0 amide bonds. The number of aromatic hydroxyl groups is 1. The van der Waals surface area contributed by atoms with Gasteiger partial charge in [-0.2, -0.15) is 0 Å².